The lowest BCUT2D eigenvalue weighted by Gasteiger charge is -2.05. The highest BCUT2D eigenvalue weighted by Crippen LogP contribution is 2.16. The molecule has 2 heteroatoms. The third kappa shape index (κ3) is 2.30. The van der Waals surface area contributed by atoms with Gasteiger partial charge in [0.1, 0.15) is 0 Å². The first-order valence-corrected chi connectivity index (χ1v) is 4.33. The first-order chi connectivity index (χ1) is 4.43. The topological polar surface area (TPSA) is 12.0 Å². The van der Waals surface area contributed by atoms with Gasteiger partial charge < -0.3 is 5.32 Å². The van der Waals surface area contributed by atoms with Crippen molar-refractivity contribution in [1.29, 1.82) is 0 Å². The van der Waals surface area contributed by atoms with Gasteiger partial charge >= 0.3 is 0 Å². The van der Waals surface area contributed by atoms with Gasteiger partial charge in [-0.25, -0.2) is 0 Å². The number of rotatable bonds is 2. The van der Waals surface area contributed by atoms with E-state index < -0.39 is 0 Å². The molecule has 0 amide bonds. The van der Waals surface area contributed by atoms with Crippen LogP contribution in [0.15, 0.2) is 0 Å². The van der Waals surface area contributed by atoms with Crippen molar-refractivity contribution in [2.75, 3.05) is 18.1 Å². The van der Waals surface area contributed by atoms with Crippen LogP contribution in [0.1, 0.15) is 6.42 Å². The molecule has 1 fully saturated rings. The van der Waals surface area contributed by atoms with Crippen LogP contribution in [0.2, 0.25) is 0 Å². The molecule has 1 aliphatic rings. The lowest BCUT2D eigenvalue weighted by Crippen LogP contribution is -2.28. The second-order valence-corrected chi connectivity index (χ2v) is 3.30. The summed E-state index contributed by atoms with van der Waals surface area (Å²) in [7, 11) is 0. The van der Waals surface area contributed by atoms with Gasteiger partial charge in [0, 0.05) is 11.8 Å². The zero-order valence-corrected chi connectivity index (χ0v) is 6.21. The fourth-order valence-electron chi connectivity index (χ4n) is 0.899. The number of nitrogens with one attached hydrogen (secondary N) is 1. The van der Waals surface area contributed by atoms with Crippen LogP contribution in [0, 0.1) is 12.3 Å². The van der Waals surface area contributed by atoms with Crippen molar-refractivity contribution in [2.45, 2.75) is 12.5 Å². The SMILES string of the molecule is C#CCNC1CCSC1. The fourth-order valence-corrected chi connectivity index (χ4v) is 2.09. The molecule has 1 nitrogen and oxygen atoms in total. The molecule has 0 aromatic rings. The Morgan fingerprint density at radius 1 is 1.78 bits per heavy atom. The van der Waals surface area contributed by atoms with Gasteiger partial charge in [0.05, 0.1) is 6.54 Å². The van der Waals surface area contributed by atoms with Crippen molar-refractivity contribution in [1.82, 2.24) is 5.32 Å². The summed E-state index contributed by atoms with van der Waals surface area (Å²) in [4.78, 5) is 0. The number of hydrogen-bond acceptors (Lipinski definition) is 2. The van der Waals surface area contributed by atoms with E-state index in [1.54, 1.807) is 0 Å². The highest BCUT2D eigenvalue weighted by molar-refractivity contribution is 7.99. The summed E-state index contributed by atoms with van der Waals surface area (Å²) in [5, 5.41) is 3.27. The predicted molar refractivity (Wildman–Crippen MR) is 42.6 cm³/mol. The molecule has 1 heterocycles. The summed E-state index contributed by atoms with van der Waals surface area (Å²) in [6.45, 7) is 0.727. The van der Waals surface area contributed by atoms with Crippen LogP contribution in [0.5, 0.6) is 0 Å². The van der Waals surface area contributed by atoms with Gasteiger partial charge in [-0.15, -0.1) is 6.42 Å². The minimum Gasteiger partial charge on any atom is -0.303 e. The Kier molecular flexibility index (Phi) is 2.96. The molecular weight excluding hydrogens is 130 g/mol. The van der Waals surface area contributed by atoms with Crippen LogP contribution < -0.4 is 5.32 Å². The predicted octanol–water partition coefficient (Wildman–Crippen LogP) is 0.715. The molecule has 0 bridgehead atoms. The van der Waals surface area contributed by atoms with Gasteiger partial charge in [-0.3, -0.25) is 0 Å². The molecule has 0 radical (unpaired) electrons. The molecule has 1 rings (SSSR count). The van der Waals surface area contributed by atoms with Crippen LogP contribution >= 0.6 is 11.8 Å². The van der Waals surface area contributed by atoms with E-state index in [9.17, 15) is 0 Å². The molecule has 1 atom stereocenters. The number of thioether (sulfide) groups is 1. The lowest BCUT2D eigenvalue weighted by molar-refractivity contribution is 0.600. The zero-order chi connectivity index (χ0) is 6.53. The monoisotopic (exact) mass is 141 g/mol. The average Bonchev–Trinajstić information content (AvgIpc) is 2.34. The molecule has 50 valence electrons. The summed E-state index contributed by atoms with van der Waals surface area (Å²) >= 11 is 2.00. The Labute approximate surface area is 60.6 Å². The van der Waals surface area contributed by atoms with Crippen LogP contribution in [-0.2, 0) is 0 Å². The second-order valence-electron chi connectivity index (χ2n) is 2.15. The third-order valence-electron chi connectivity index (χ3n) is 1.42. The molecule has 1 saturated heterocycles. The Morgan fingerprint density at radius 3 is 3.22 bits per heavy atom. The molecule has 9 heavy (non-hydrogen) atoms. The van der Waals surface area contributed by atoms with Gasteiger partial charge in [0.25, 0.3) is 0 Å². The molecule has 0 aliphatic carbocycles. The summed E-state index contributed by atoms with van der Waals surface area (Å²) < 4.78 is 0. The summed E-state index contributed by atoms with van der Waals surface area (Å²) in [6.07, 6.45) is 6.37. The highest BCUT2D eigenvalue weighted by Gasteiger charge is 2.12. The van der Waals surface area contributed by atoms with E-state index in [2.05, 4.69) is 11.2 Å². The molecule has 0 aromatic heterocycles. The Balaban J connectivity index is 2.06. The molecule has 0 saturated carbocycles. The van der Waals surface area contributed by atoms with Crippen molar-refractivity contribution in [3.8, 4) is 12.3 Å². The molecule has 1 N–H and O–H groups in total. The number of terminal acetylenes is 1. The maximum Gasteiger partial charge on any atom is 0.0576 e. The Hall–Kier alpha value is -0.130. The third-order valence-corrected chi connectivity index (χ3v) is 2.58. The van der Waals surface area contributed by atoms with E-state index >= 15 is 0 Å². The largest absolute Gasteiger partial charge is 0.303 e. The van der Waals surface area contributed by atoms with E-state index in [1.807, 2.05) is 11.8 Å². The fraction of sp³-hybridized carbons (Fsp3) is 0.714. The van der Waals surface area contributed by atoms with Crippen molar-refractivity contribution in [3.05, 3.63) is 0 Å². The highest BCUT2D eigenvalue weighted by atomic mass is 32.2. The van der Waals surface area contributed by atoms with E-state index in [0.717, 1.165) is 6.54 Å². The summed E-state index contributed by atoms with van der Waals surface area (Å²) in [6, 6.07) is 0.686. The molecule has 1 aliphatic heterocycles. The maximum absolute atomic E-state index is 5.09. The quantitative estimate of drug-likeness (QED) is 0.569. The van der Waals surface area contributed by atoms with Gasteiger partial charge in [-0.2, -0.15) is 11.8 Å². The van der Waals surface area contributed by atoms with E-state index in [-0.39, 0.29) is 0 Å². The van der Waals surface area contributed by atoms with Crippen molar-refractivity contribution >= 4 is 11.8 Å². The number of hydrogen-bond donors (Lipinski definition) is 1. The van der Waals surface area contributed by atoms with Crippen LogP contribution in [0.25, 0.3) is 0 Å². The molecule has 0 spiro atoms. The normalized spacial score (nSPS) is 25.9. The standard InChI is InChI=1S/C7H11NS/c1-2-4-8-7-3-5-9-6-7/h1,7-8H,3-6H2. The zero-order valence-electron chi connectivity index (χ0n) is 5.39. The molecule has 0 aromatic carbocycles. The van der Waals surface area contributed by atoms with Crippen molar-refractivity contribution in [3.63, 3.8) is 0 Å². The minimum absolute atomic E-state index is 0.686. The van der Waals surface area contributed by atoms with Crippen LogP contribution in [0.4, 0.5) is 0 Å². The van der Waals surface area contributed by atoms with Gasteiger partial charge in [-0.05, 0) is 12.2 Å². The van der Waals surface area contributed by atoms with Gasteiger partial charge in [0.2, 0.25) is 0 Å². The van der Waals surface area contributed by atoms with Crippen LogP contribution in [0.3, 0.4) is 0 Å². The summed E-state index contributed by atoms with van der Waals surface area (Å²) in [5.41, 5.74) is 0. The van der Waals surface area contributed by atoms with E-state index in [1.165, 1.54) is 17.9 Å². The maximum atomic E-state index is 5.09. The minimum atomic E-state index is 0.686. The van der Waals surface area contributed by atoms with E-state index in [4.69, 9.17) is 6.42 Å². The first kappa shape index (κ1) is 6.98. The van der Waals surface area contributed by atoms with Crippen molar-refractivity contribution < 1.29 is 0 Å². The lowest BCUT2D eigenvalue weighted by atomic mass is 10.3. The second kappa shape index (κ2) is 3.81. The Bertz CT molecular complexity index is 111. The first-order valence-electron chi connectivity index (χ1n) is 3.18. The average molecular weight is 141 g/mol. The smallest absolute Gasteiger partial charge is 0.0576 e. The molecule has 1 unspecified atom stereocenters. The summed E-state index contributed by atoms with van der Waals surface area (Å²) in [5.74, 6) is 5.11. The van der Waals surface area contributed by atoms with Crippen molar-refractivity contribution in [2.24, 2.45) is 0 Å². The van der Waals surface area contributed by atoms with Gasteiger partial charge in [-0.1, -0.05) is 5.92 Å². The Morgan fingerprint density at radius 2 is 2.67 bits per heavy atom. The van der Waals surface area contributed by atoms with Gasteiger partial charge in [0.15, 0.2) is 0 Å². The molecular formula is C7H11NS. The van der Waals surface area contributed by atoms with E-state index in [0.29, 0.717) is 6.04 Å². The van der Waals surface area contributed by atoms with Crippen LogP contribution in [-0.4, -0.2) is 24.1 Å².